The molecular weight excluding hydrogens is 419 g/mol. The first kappa shape index (κ1) is 25.7. The minimum atomic E-state index is -4.74. The van der Waals surface area contributed by atoms with Crippen LogP contribution in [0.15, 0.2) is 54.6 Å². The molecule has 7 heteroatoms. The molecule has 0 aliphatic carbocycles. The number of carbonyl (C=O) groups excluding carboxylic acids is 1. The van der Waals surface area contributed by atoms with E-state index in [1.165, 1.54) is 34.7 Å². The first-order valence-corrected chi connectivity index (χ1v) is 11.1. The fourth-order valence-corrected chi connectivity index (χ4v) is 4.12. The van der Waals surface area contributed by atoms with Gasteiger partial charge in [-0.2, -0.15) is 0 Å². The normalized spacial score (nSPS) is 19.3. The molecule has 176 valence electrons. The summed E-state index contributed by atoms with van der Waals surface area (Å²) in [5.41, 5.74) is 1.12. The summed E-state index contributed by atoms with van der Waals surface area (Å²) in [5.74, 6) is -0.491. The highest BCUT2D eigenvalue weighted by molar-refractivity contribution is 6.00. The Labute approximate surface area is 188 Å². The predicted octanol–water partition coefficient (Wildman–Crippen LogP) is 6.13. The van der Waals surface area contributed by atoms with Crippen molar-refractivity contribution >= 4 is 11.6 Å². The minimum Gasteiger partial charge on any atom is -0.406 e. The van der Waals surface area contributed by atoms with Gasteiger partial charge in [-0.15, -0.1) is 13.2 Å². The molecule has 1 heterocycles. The maximum atomic E-state index is 12.9. The number of carbonyl (C=O) groups is 1. The zero-order valence-corrected chi connectivity index (χ0v) is 18.9. The highest BCUT2D eigenvalue weighted by atomic mass is 19.4. The number of aliphatic hydroxyl groups is 1. The second-order valence-electron chi connectivity index (χ2n) is 7.92. The Balaban J connectivity index is 0.000000380. The Morgan fingerprint density at radius 3 is 2.16 bits per heavy atom. The third-order valence-electron chi connectivity index (χ3n) is 5.81. The number of alkyl halides is 3. The molecule has 1 saturated heterocycles. The first-order chi connectivity index (χ1) is 15.2. The van der Waals surface area contributed by atoms with Gasteiger partial charge in [0.1, 0.15) is 5.75 Å². The molecule has 1 aliphatic rings. The average Bonchev–Trinajstić information content (AvgIpc) is 3.11. The fourth-order valence-electron chi connectivity index (χ4n) is 4.12. The predicted molar refractivity (Wildman–Crippen MR) is 120 cm³/mol. The lowest BCUT2D eigenvalue weighted by Crippen LogP contribution is -2.43. The van der Waals surface area contributed by atoms with E-state index >= 15 is 0 Å². The van der Waals surface area contributed by atoms with Crippen LogP contribution in [0.4, 0.5) is 18.9 Å². The molecule has 0 spiro atoms. The van der Waals surface area contributed by atoms with Crippen molar-refractivity contribution in [3.05, 3.63) is 60.2 Å². The van der Waals surface area contributed by atoms with Crippen LogP contribution < -0.4 is 9.64 Å². The lowest BCUT2D eigenvalue weighted by molar-refractivity contribution is -0.274. The molecule has 32 heavy (non-hydrogen) atoms. The number of benzene rings is 2. The second-order valence-corrected chi connectivity index (χ2v) is 7.92. The summed E-state index contributed by atoms with van der Waals surface area (Å²) in [6.45, 7) is 6.40. The number of ether oxygens (including phenoxy) is 1. The Morgan fingerprint density at radius 2 is 1.69 bits per heavy atom. The molecule has 1 amide bonds. The van der Waals surface area contributed by atoms with Crippen LogP contribution in [0, 0.1) is 5.41 Å². The third-order valence-corrected chi connectivity index (χ3v) is 5.81. The van der Waals surface area contributed by atoms with Crippen molar-refractivity contribution in [2.75, 3.05) is 11.4 Å². The van der Waals surface area contributed by atoms with Gasteiger partial charge in [-0.3, -0.25) is 4.79 Å². The molecule has 0 bridgehead atoms. The number of rotatable bonds is 7. The topological polar surface area (TPSA) is 49.8 Å². The van der Waals surface area contributed by atoms with Gasteiger partial charge in [-0.1, -0.05) is 57.5 Å². The monoisotopic (exact) mass is 451 g/mol. The summed E-state index contributed by atoms with van der Waals surface area (Å²) in [7, 11) is 0. The number of hydrogen-bond donors (Lipinski definition) is 1. The first-order valence-electron chi connectivity index (χ1n) is 11.1. The molecule has 1 N–H and O–H groups in total. The molecule has 3 rings (SSSR count). The Morgan fingerprint density at radius 1 is 1.06 bits per heavy atom. The molecular formula is C25H32F3NO3. The summed E-state index contributed by atoms with van der Waals surface area (Å²) in [4.78, 5) is 14.4. The van der Waals surface area contributed by atoms with Crippen LogP contribution in [0.2, 0.25) is 0 Å². The molecule has 0 radical (unpaired) electrons. The van der Waals surface area contributed by atoms with E-state index in [4.69, 9.17) is 0 Å². The van der Waals surface area contributed by atoms with Gasteiger partial charge in [0.05, 0.1) is 11.5 Å². The fraction of sp³-hybridized carbons (Fsp3) is 0.480. The van der Waals surface area contributed by atoms with Crippen molar-refractivity contribution in [3.8, 4) is 5.75 Å². The standard InChI is InChI=1S/C17H22F3NO3.C8H10/c1-3-9-16(14(22)4-2)10-11-21(15(16)23)12-5-7-13(8-6-12)24-17(18,19)20;1-2-8-6-4-3-5-7-8/h5-8,14,22H,3-4,9-11H2,1-2H3;3-7H,2H2,1H3. The van der Waals surface area contributed by atoms with Crippen molar-refractivity contribution in [1.82, 2.24) is 0 Å². The molecule has 4 nitrogen and oxygen atoms in total. The van der Waals surface area contributed by atoms with E-state index in [1.807, 2.05) is 19.9 Å². The number of nitrogens with zero attached hydrogens (tertiary/aromatic N) is 1. The van der Waals surface area contributed by atoms with Gasteiger partial charge >= 0.3 is 6.36 Å². The summed E-state index contributed by atoms with van der Waals surface area (Å²) in [6, 6.07) is 15.7. The smallest absolute Gasteiger partial charge is 0.406 e. The van der Waals surface area contributed by atoms with E-state index in [2.05, 4.69) is 35.9 Å². The van der Waals surface area contributed by atoms with Gasteiger partial charge in [-0.05, 0) is 55.5 Å². The van der Waals surface area contributed by atoms with Crippen LogP contribution in [0.5, 0.6) is 5.75 Å². The maximum absolute atomic E-state index is 12.9. The van der Waals surface area contributed by atoms with E-state index in [1.54, 1.807) is 0 Å². The van der Waals surface area contributed by atoms with E-state index in [9.17, 15) is 23.1 Å². The van der Waals surface area contributed by atoms with Crippen molar-refractivity contribution in [3.63, 3.8) is 0 Å². The summed E-state index contributed by atoms with van der Waals surface area (Å²) >= 11 is 0. The van der Waals surface area contributed by atoms with Gasteiger partial charge in [0.2, 0.25) is 5.91 Å². The van der Waals surface area contributed by atoms with Crippen LogP contribution in [0.1, 0.15) is 52.0 Å². The highest BCUT2D eigenvalue weighted by Crippen LogP contribution is 2.43. The third kappa shape index (κ3) is 6.48. The summed E-state index contributed by atoms with van der Waals surface area (Å²) in [6.07, 6.45) is -1.94. The number of hydrogen-bond acceptors (Lipinski definition) is 3. The number of aliphatic hydroxyl groups excluding tert-OH is 1. The molecule has 1 aliphatic heterocycles. The quantitative estimate of drug-likeness (QED) is 0.551. The molecule has 0 aromatic heterocycles. The maximum Gasteiger partial charge on any atom is 0.573 e. The summed E-state index contributed by atoms with van der Waals surface area (Å²) in [5, 5.41) is 10.4. The number of anilines is 1. The van der Waals surface area contributed by atoms with E-state index in [0.29, 0.717) is 31.5 Å². The van der Waals surface area contributed by atoms with Gasteiger partial charge < -0.3 is 14.7 Å². The number of amides is 1. The van der Waals surface area contributed by atoms with Crippen molar-refractivity contribution in [2.24, 2.45) is 5.41 Å². The Hall–Kier alpha value is -2.54. The van der Waals surface area contributed by atoms with E-state index in [0.717, 1.165) is 12.8 Å². The van der Waals surface area contributed by atoms with Gasteiger partial charge in [0.25, 0.3) is 0 Å². The van der Waals surface area contributed by atoms with E-state index in [-0.39, 0.29) is 11.7 Å². The van der Waals surface area contributed by atoms with Crippen LogP contribution in [0.25, 0.3) is 0 Å². The van der Waals surface area contributed by atoms with Crippen molar-refractivity contribution in [1.29, 1.82) is 0 Å². The van der Waals surface area contributed by atoms with Crippen LogP contribution in [-0.4, -0.2) is 30.0 Å². The average molecular weight is 452 g/mol. The number of halogens is 3. The van der Waals surface area contributed by atoms with Gasteiger partial charge in [0.15, 0.2) is 0 Å². The molecule has 2 aromatic carbocycles. The SMILES string of the molecule is CCCC1(C(O)CC)CCN(c2ccc(OC(F)(F)F)cc2)C1=O.CCc1ccccc1. The minimum absolute atomic E-state index is 0.164. The lowest BCUT2D eigenvalue weighted by Gasteiger charge is -2.32. The Bertz CT molecular complexity index is 840. The molecule has 2 atom stereocenters. The van der Waals surface area contributed by atoms with Crippen LogP contribution in [0.3, 0.4) is 0 Å². The van der Waals surface area contributed by atoms with Crippen molar-refractivity contribution < 1.29 is 27.8 Å². The van der Waals surface area contributed by atoms with Crippen LogP contribution >= 0.6 is 0 Å². The summed E-state index contributed by atoms with van der Waals surface area (Å²) < 4.78 is 40.5. The molecule has 0 saturated carbocycles. The highest BCUT2D eigenvalue weighted by Gasteiger charge is 2.50. The zero-order chi connectivity index (χ0) is 23.8. The second kappa shape index (κ2) is 11.4. The molecule has 1 fully saturated rings. The molecule has 2 aromatic rings. The lowest BCUT2D eigenvalue weighted by atomic mass is 9.75. The van der Waals surface area contributed by atoms with Crippen LogP contribution in [-0.2, 0) is 11.2 Å². The van der Waals surface area contributed by atoms with E-state index < -0.39 is 17.9 Å². The zero-order valence-electron chi connectivity index (χ0n) is 18.9. The number of aryl methyl sites for hydroxylation is 1. The largest absolute Gasteiger partial charge is 0.573 e. The Kier molecular flexibility index (Phi) is 9.13. The van der Waals surface area contributed by atoms with Crippen molar-refractivity contribution in [2.45, 2.75) is 65.3 Å². The van der Waals surface area contributed by atoms with Gasteiger partial charge in [-0.25, -0.2) is 0 Å². The van der Waals surface area contributed by atoms with Gasteiger partial charge in [0, 0.05) is 12.2 Å². The molecule has 2 unspecified atom stereocenters.